The van der Waals surface area contributed by atoms with Gasteiger partial charge < -0.3 is 6.53 Å². The molecule has 0 aliphatic heterocycles. The van der Waals surface area contributed by atoms with E-state index in [0.717, 1.165) is 0 Å². The largest absolute Gasteiger partial charge is 1.00 e. The number of aromatic nitrogens is 1. The number of hydrogen-bond donors (Lipinski definition) is 2. The third-order valence-electron chi connectivity index (χ3n) is 1.26. The molecule has 1 aromatic heterocycles. The van der Waals surface area contributed by atoms with Crippen LogP contribution in [0.3, 0.4) is 0 Å². The van der Waals surface area contributed by atoms with Gasteiger partial charge in [0.15, 0.2) is 5.44 Å². The van der Waals surface area contributed by atoms with E-state index in [1.807, 2.05) is 18.2 Å². The Hall–Kier alpha value is 0.0200. The summed E-state index contributed by atoms with van der Waals surface area (Å²) in [4.78, 5) is 3.78. The fourth-order valence-electron chi connectivity index (χ4n) is 0.523. The summed E-state index contributed by atoms with van der Waals surface area (Å²) in [6.07, 6.45) is 3.51. The standard InChI is InChI=1S/C5H5N.C3H8O4S.Na.H/c1-2-4-6-5-3-1;1-2-3(4)8(5,6)7;;/h1-5H;3-4H,2H2,1H3,(H,5,6,7);;/q;;+1;-1. The van der Waals surface area contributed by atoms with Crippen molar-refractivity contribution >= 4 is 10.1 Å². The molecule has 1 rings (SSSR count). The van der Waals surface area contributed by atoms with Gasteiger partial charge in [-0.05, 0) is 18.6 Å². The summed E-state index contributed by atoms with van der Waals surface area (Å²) in [7, 11) is -4.20. The summed E-state index contributed by atoms with van der Waals surface area (Å²) in [6.45, 7) is 1.46. The van der Waals surface area contributed by atoms with Crippen LogP contribution in [0.5, 0.6) is 0 Å². The Kier molecular flexibility index (Phi) is 10.8. The van der Waals surface area contributed by atoms with Gasteiger partial charge in [-0.25, -0.2) is 0 Å². The zero-order chi connectivity index (χ0) is 11.0. The minimum absolute atomic E-state index is 0. The molecular formula is C8H14NNaO4S. The summed E-state index contributed by atoms with van der Waals surface area (Å²) in [6, 6.07) is 5.72. The normalized spacial score (nSPS) is 11.7. The number of rotatable bonds is 2. The predicted molar refractivity (Wildman–Crippen MR) is 53.2 cm³/mol. The molecule has 1 atom stereocenters. The van der Waals surface area contributed by atoms with Crippen LogP contribution < -0.4 is 29.6 Å². The zero-order valence-electron chi connectivity index (χ0n) is 9.74. The van der Waals surface area contributed by atoms with E-state index < -0.39 is 15.6 Å². The van der Waals surface area contributed by atoms with Gasteiger partial charge in [-0.3, -0.25) is 9.54 Å². The average Bonchev–Trinajstić information content (AvgIpc) is 2.19. The maximum absolute atomic E-state index is 9.87. The summed E-state index contributed by atoms with van der Waals surface area (Å²) >= 11 is 0. The van der Waals surface area contributed by atoms with Crippen LogP contribution in [0.1, 0.15) is 14.8 Å². The van der Waals surface area contributed by atoms with Crippen LogP contribution in [-0.2, 0) is 10.1 Å². The van der Waals surface area contributed by atoms with Crippen LogP contribution in [0.15, 0.2) is 30.6 Å². The van der Waals surface area contributed by atoms with Gasteiger partial charge in [-0.1, -0.05) is 13.0 Å². The Morgan fingerprint density at radius 2 is 1.80 bits per heavy atom. The van der Waals surface area contributed by atoms with E-state index in [0.29, 0.717) is 0 Å². The topological polar surface area (TPSA) is 87.5 Å². The van der Waals surface area contributed by atoms with E-state index in [1.54, 1.807) is 12.4 Å². The molecule has 0 amide bonds. The molecule has 7 heteroatoms. The maximum atomic E-state index is 9.87. The monoisotopic (exact) mass is 243 g/mol. The van der Waals surface area contributed by atoms with Crippen molar-refractivity contribution < 1.29 is 49.1 Å². The molecular weight excluding hydrogens is 229 g/mol. The van der Waals surface area contributed by atoms with Gasteiger partial charge in [0.25, 0.3) is 10.1 Å². The molecule has 0 bridgehead atoms. The number of nitrogens with zero attached hydrogens (tertiary/aromatic N) is 1. The average molecular weight is 243 g/mol. The molecule has 1 heterocycles. The number of pyridine rings is 1. The summed E-state index contributed by atoms with van der Waals surface area (Å²) < 4.78 is 27.7. The summed E-state index contributed by atoms with van der Waals surface area (Å²) in [5.74, 6) is 0. The Labute approximate surface area is 113 Å². The molecule has 1 aromatic rings. The van der Waals surface area contributed by atoms with Gasteiger partial charge in [-0.15, -0.1) is 0 Å². The maximum Gasteiger partial charge on any atom is 1.00 e. The van der Waals surface area contributed by atoms with Crippen molar-refractivity contribution in [2.45, 2.75) is 18.8 Å². The fourth-order valence-corrected chi connectivity index (χ4v) is 0.944. The van der Waals surface area contributed by atoms with Crippen molar-refractivity contribution in [3.05, 3.63) is 30.6 Å². The van der Waals surface area contributed by atoms with Gasteiger partial charge in [-0.2, -0.15) is 8.42 Å². The third kappa shape index (κ3) is 10.3. The Morgan fingerprint density at radius 1 is 1.33 bits per heavy atom. The molecule has 1 unspecified atom stereocenters. The van der Waals surface area contributed by atoms with Gasteiger partial charge in [0.05, 0.1) is 0 Å². The minimum atomic E-state index is -4.20. The summed E-state index contributed by atoms with van der Waals surface area (Å²) in [5, 5.41) is 8.36. The van der Waals surface area contributed by atoms with Crippen LogP contribution in [0.2, 0.25) is 0 Å². The molecule has 0 radical (unpaired) electrons. The van der Waals surface area contributed by atoms with Crippen LogP contribution in [0, 0.1) is 0 Å². The quantitative estimate of drug-likeness (QED) is 0.455. The van der Waals surface area contributed by atoms with E-state index in [9.17, 15) is 8.42 Å². The molecule has 0 aliphatic rings. The zero-order valence-corrected chi connectivity index (χ0v) is 11.6. The molecule has 0 aliphatic carbocycles. The third-order valence-corrected chi connectivity index (χ3v) is 2.28. The van der Waals surface area contributed by atoms with Gasteiger partial charge in [0.2, 0.25) is 0 Å². The van der Waals surface area contributed by atoms with Crippen LogP contribution in [0.25, 0.3) is 0 Å². The smallest absolute Gasteiger partial charge is 1.00 e. The van der Waals surface area contributed by atoms with E-state index >= 15 is 0 Å². The van der Waals surface area contributed by atoms with E-state index in [4.69, 9.17) is 9.66 Å². The number of aliphatic hydroxyl groups is 1. The number of hydrogen-bond acceptors (Lipinski definition) is 4. The van der Waals surface area contributed by atoms with Gasteiger partial charge in [0.1, 0.15) is 0 Å². The molecule has 0 aromatic carbocycles. The van der Waals surface area contributed by atoms with Crippen molar-refractivity contribution in [1.29, 1.82) is 0 Å². The first-order valence-electron chi connectivity index (χ1n) is 3.97. The second-order valence-electron chi connectivity index (χ2n) is 2.40. The Balaban J connectivity index is -0.000000192. The molecule has 0 spiro atoms. The molecule has 0 fully saturated rings. The van der Waals surface area contributed by atoms with E-state index in [-0.39, 0.29) is 37.4 Å². The fraction of sp³-hybridized carbons (Fsp3) is 0.375. The first kappa shape index (κ1) is 17.4. The predicted octanol–water partition coefficient (Wildman–Crippen LogP) is -2.20. The van der Waals surface area contributed by atoms with Crippen molar-refractivity contribution in [2.24, 2.45) is 0 Å². The minimum Gasteiger partial charge on any atom is -1.00 e. The summed E-state index contributed by atoms with van der Waals surface area (Å²) in [5.41, 5.74) is -1.62. The second kappa shape index (κ2) is 9.26. The van der Waals surface area contributed by atoms with E-state index in [2.05, 4.69) is 4.98 Å². The number of aliphatic hydroxyl groups excluding tert-OH is 1. The molecule has 0 saturated heterocycles. The first-order valence-corrected chi connectivity index (χ1v) is 5.48. The second-order valence-corrected chi connectivity index (χ2v) is 3.98. The molecule has 15 heavy (non-hydrogen) atoms. The SMILES string of the molecule is CCC(O)S(=O)(=O)O.[H-].[Na+].c1ccncc1. The van der Waals surface area contributed by atoms with Crippen molar-refractivity contribution in [3.8, 4) is 0 Å². The van der Waals surface area contributed by atoms with Crippen LogP contribution in [0.4, 0.5) is 0 Å². The van der Waals surface area contributed by atoms with E-state index in [1.165, 1.54) is 6.92 Å². The van der Waals surface area contributed by atoms with Crippen molar-refractivity contribution in [3.63, 3.8) is 0 Å². The Morgan fingerprint density at radius 3 is 1.87 bits per heavy atom. The van der Waals surface area contributed by atoms with Crippen LogP contribution in [-0.4, -0.2) is 28.5 Å². The van der Waals surface area contributed by atoms with Crippen molar-refractivity contribution in [1.82, 2.24) is 4.98 Å². The van der Waals surface area contributed by atoms with Gasteiger partial charge in [0, 0.05) is 12.4 Å². The van der Waals surface area contributed by atoms with Gasteiger partial charge >= 0.3 is 29.6 Å². The molecule has 82 valence electrons. The van der Waals surface area contributed by atoms with Crippen LogP contribution >= 0.6 is 0 Å². The molecule has 0 saturated carbocycles. The van der Waals surface area contributed by atoms with Crippen molar-refractivity contribution in [2.75, 3.05) is 0 Å². The molecule has 2 N–H and O–H groups in total. The Bertz CT molecular complexity index is 308. The first-order chi connectivity index (χ1) is 6.48. The molecule has 5 nitrogen and oxygen atoms in total.